The van der Waals surface area contributed by atoms with Crippen molar-refractivity contribution in [2.75, 3.05) is 0 Å². The summed E-state index contributed by atoms with van der Waals surface area (Å²) in [6.45, 7) is 0.462. The second-order valence-corrected chi connectivity index (χ2v) is 7.70. The zero-order valence-corrected chi connectivity index (χ0v) is 17.5. The lowest BCUT2D eigenvalue weighted by Gasteiger charge is -2.12. The van der Waals surface area contributed by atoms with Crippen LogP contribution in [0.25, 0.3) is 33.2 Å². The maximum Gasteiger partial charge on any atom is 0.127 e. The van der Waals surface area contributed by atoms with Crippen molar-refractivity contribution in [1.82, 2.24) is 0 Å². The fourth-order valence-electron chi connectivity index (χ4n) is 4.00. The minimum atomic E-state index is 0.462. The van der Waals surface area contributed by atoms with Crippen LogP contribution in [0.3, 0.4) is 0 Å². The molecular weight excluding hydrogens is 390 g/mol. The standard InChI is InChI=1S/C30H21NO/c31-20-28(25-17-16-22-8-1-2-10-24(22)18-25)19-26-11-4-6-15-30(26)32-21-27-13-7-12-23-9-3-5-14-29(23)27/h1-19H,21H2/b28-19-. The van der Waals surface area contributed by atoms with Crippen LogP contribution in [0.1, 0.15) is 16.7 Å². The molecule has 152 valence electrons. The molecule has 0 bridgehead atoms. The molecule has 0 saturated heterocycles. The average Bonchev–Trinajstić information content (AvgIpc) is 2.86. The van der Waals surface area contributed by atoms with E-state index in [0.717, 1.165) is 33.2 Å². The zero-order chi connectivity index (χ0) is 21.8. The number of ether oxygens (including phenoxy) is 1. The number of fused-ring (bicyclic) bond motifs is 2. The Morgan fingerprint density at radius 3 is 2.31 bits per heavy atom. The summed E-state index contributed by atoms with van der Waals surface area (Å²) in [6.07, 6.45) is 1.91. The summed E-state index contributed by atoms with van der Waals surface area (Å²) in [5.41, 5.74) is 3.53. The van der Waals surface area contributed by atoms with E-state index in [9.17, 15) is 5.26 Å². The number of rotatable bonds is 5. The van der Waals surface area contributed by atoms with E-state index < -0.39 is 0 Å². The third-order valence-corrected chi connectivity index (χ3v) is 5.66. The van der Waals surface area contributed by atoms with E-state index in [1.54, 1.807) is 0 Å². The van der Waals surface area contributed by atoms with Gasteiger partial charge in [0.05, 0.1) is 11.6 Å². The van der Waals surface area contributed by atoms with Crippen LogP contribution in [-0.2, 0) is 6.61 Å². The summed E-state index contributed by atoms with van der Waals surface area (Å²) in [7, 11) is 0. The van der Waals surface area contributed by atoms with Gasteiger partial charge in [-0.2, -0.15) is 5.26 Å². The van der Waals surface area contributed by atoms with Crippen molar-refractivity contribution in [3.63, 3.8) is 0 Å². The SMILES string of the molecule is N#C/C(=C/c1ccccc1OCc1cccc2ccccc12)c1ccc2ccccc2c1. The summed E-state index contributed by atoms with van der Waals surface area (Å²) < 4.78 is 6.23. The van der Waals surface area contributed by atoms with Crippen molar-refractivity contribution in [3.05, 3.63) is 126 Å². The highest BCUT2D eigenvalue weighted by Crippen LogP contribution is 2.28. The van der Waals surface area contributed by atoms with E-state index in [2.05, 4.69) is 60.7 Å². The smallest absolute Gasteiger partial charge is 0.127 e. The molecule has 0 fully saturated rings. The van der Waals surface area contributed by atoms with Crippen molar-refractivity contribution >= 4 is 33.2 Å². The highest BCUT2D eigenvalue weighted by Gasteiger charge is 2.08. The third kappa shape index (κ3) is 3.97. The van der Waals surface area contributed by atoms with E-state index >= 15 is 0 Å². The maximum absolute atomic E-state index is 9.87. The predicted octanol–water partition coefficient (Wildman–Crippen LogP) is 7.64. The van der Waals surface area contributed by atoms with Crippen LogP contribution in [0.5, 0.6) is 5.75 Å². The first kappa shape index (κ1) is 19.6. The third-order valence-electron chi connectivity index (χ3n) is 5.66. The fourth-order valence-corrected chi connectivity index (χ4v) is 4.00. The van der Waals surface area contributed by atoms with Crippen molar-refractivity contribution in [1.29, 1.82) is 5.26 Å². The van der Waals surface area contributed by atoms with Gasteiger partial charge in [-0.05, 0) is 50.9 Å². The monoisotopic (exact) mass is 411 g/mol. The minimum absolute atomic E-state index is 0.462. The van der Waals surface area contributed by atoms with Gasteiger partial charge in [-0.1, -0.05) is 97.1 Å². The first-order valence-corrected chi connectivity index (χ1v) is 10.6. The zero-order valence-electron chi connectivity index (χ0n) is 17.5. The second kappa shape index (κ2) is 8.79. The Balaban J connectivity index is 1.46. The molecule has 5 aromatic carbocycles. The van der Waals surface area contributed by atoms with E-state index in [1.807, 2.05) is 60.7 Å². The molecule has 0 atom stereocenters. The largest absolute Gasteiger partial charge is 0.488 e. The average molecular weight is 412 g/mol. The Bertz CT molecular complexity index is 1480. The number of nitrogens with zero attached hydrogens (tertiary/aromatic N) is 1. The van der Waals surface area contributed by atoms with Crippen LogP contribution >= 0.6 is 0 Å². The van der Waals surface area contributed by atoms with Crippen molar-refractivity contribution < 1.29 is 4.74 Å². The Hall–Kier alpha value is -4.35. The molecule has 0 aliphatic carbocycles. The number of para-hydroxylation sites is 1. The highest BCUT2D eigenvalue weighted by atomic mass is 16.5. The molecule has 0 amide bonds. The Morgan fingerprint density at radius 1 is 0.719 bits per heavy atom. The molecule has 0 heterocycles. The molecular formula is C30H21NO. The van der Waals surface area contributed by atoms with E-state index in [4.69, 9.17) is 4.74 Å². The van der Waals surface area contributed by atoms with Crippen molar-refractivity contribution in [2.45, 2.75) is 6.61 Å². The topological polar surface area (TPSA) is 33.0 Å². The fraction of sp³-hybridized carbons (Fsp3) is 0.0333. The number of allylic oxidation sites excluding steroid dienone is 1. The lowest BCUT2D eigenvalue weighted by atomic mass is 10.00. The number of benzene rings is 5. The summed E-state index contributed by atoms with van der Waals surface area (Å²) in [5, 5.41) is 14.5. The summed E-state index contributed by atoms with van der Waals surface area (Å²) in [6, 6.07) is 39.1. The van der Waals surface area contributed by atoms with Crippen LogP contribution in [0.2, 0.25) is 0 Å². The molecule has 0 radical (unpaired) electrons. The normalized spacial score (nSPS) is 11.4. The summed E-state index contributed by atoms with van der Waals surface area (Å²) >= 11 is 0. The number of nitriles is 1. The van der Waals surface area contributed by atoms with Crippen LogP contribution in [-0.4, -0.2) is 0 Å². The van der Waals surface area contributed by atoms with Crippen LogP contribution in [0.15, 0.2) is 109 Å². The molecule has 5 aromatic rings. The maximum atomic E-state index is 9.87. The molecule has 0 unspecified atom stereocenters. The van der Waals surface area contributed by atoms with Gasteiger partial charge >= 0.3 is 0 Å². The second-order valence-electron chi connectivity index (χ2n) is 7.70. The molecule has 2 nitrogen and oxygen atoms in total. The highest BCUT2D eigenvalue weighted by molar-refractivity contribution is 5.94. The van der Waals surface area contributed by atoms with Crippen LogP contribution in [0.4, 0.5) is 0 Å². The van der Waals surface area contributed by atoms with Gasteiger partial charge < -0.3 is 4.74 Å². The first-order chi connectivity index (χ1) is 15.8. The first-order valence-electron chi connectivity index (χ1n) is 10.6. The van der Waals surface area contributed by atoms with Crippen molar-refractivity contribution in [3.8, 4) is 11.8 Å². The molecule has 0 aliphatic heterocycles. The van der Waals surface area contributed by atoms with Crippen molar-refractivity contribution in [2.24, 2.45) is 0 Å². The summed E-state index contributed by atoms with van der Waals surface area (Å²) in [5.74, 6) is 0.758. The van der Waals surface area contributed by atoms with Crippen LogP contribution < -0.4 is 4.74 Å². The van der Waals surface area contributed by atoms with Gasteiger partial charge in [0, 0.05) is 5.56 Å². The van der Waals surface area contributed by atoms with Gasteiger partial charge in [-0.25, -0.2) is 0 Å². The van der Waals surface area contributed by atoms with E-state index in [1.165, 1.54) is 10.8 Å². The lowest BCUT2D eigenvalue weighted by Crippen LogP contribution is -1.98. The van der Waals surface area contributed by atoms with E-state index in [0.29, 0.717) is 12.2 Å². The predicted molar refractivity (Wildman–Crippen MR) is 132 cm³/mol. The molecule has 0 aliphatic rings. The molecule has 0 aromatic heterocycles. The molecule has 0 spiro atoms. The van der Waals surface area contributed by atoms with Gasteiger partial charge in [-0.15, -0.1) is 0 Å². The Labute approximate surface area is 187 Å². The lowest BCUT2D eigenvalue weighted by molar-refractivity contribution is 0.307. The quantitative estimate of drug-likeness (QED) is 0.220. The van der Waals surface area contributed by atoms with Gasteiger partial charge in [-0.3, -0.25) is 0 Å². The number of hydrogen-bond donors (Lipinski definition) is 0. The Morgan fingerprint density at radius 2 is 1.44 bits per heavy atom. The molecule has 0 saturated carbocycles. The van der Waals surface area contributed by atoms with Gasteiger partial charge in [0.1, 0.15) is 12.4 Å². The molecule has 2 heteroatoms. The molecule has 5 rings (SSSR count). The van der Waals surface area contributed by atoms with Gasteiger partial charge in [0.25, 0.3) is 0 Å². The molecule has 0 N–H and O–H groups in total. The molecule has 32 heavy (non-hydrogen) atoms. The van der Waals surface area contributed by atoms with E-state index in [-0.39, 0.29) is 0 Å². The minimum Gasteiger partial charge on any atom is -0.488 e. The number of hydrogen-bond acceptors (Lipinski definition) is 2. The van der Waals surface area contributed by atoms with Gasteiger partial charge in [0.15, 0.2) is 0 Å². The summed E-state index contributed by atoms with van der Waals surface area (Å²) in [4.78, 5) is 0. The van der Waals surface area contributed by atoms with Gasteiger partial charge in [0.2, 0.25) is 0 Å². The Kier molecular flexibility index (Phi) is 5.39. The van der Waals surface area contributed by atoms with Crippen LogP contribution in [0, 0.1) is 11.3 Å².